The molecule has 0 amide bonds. The van der Waals surface area contributed by atoms with Crippen LogP contribution in [0.3, 0.4) is 0 Å². The number of rotatable bonds is 10. The normalized spacial score (nSPS) is 25.3. The number of hydrogen-bond acceptors (Lipinski definition) is 5. The smallest absolute Gasteiger partial charge is 0.370 e. The third-order valence-electron chi connectivity index (χ3n) is 4.59. The van der Waals surface area contributed by atoms with Crippen LogP contribution < -0.4 is 5.32 Å². The van der Waals surface area contributed by atoms with Gasteiger partial charge in [0.05, 0.1) is 6.16 Å². The Morgan fingerprint density at radius 3 is 2.41 bits per heavy atom. The largest absolute Gasteiger partial charge is 0.396 e. The minimum Gasteiger partial charge on any atom is -0.396 e. The van der Waals surface area contributed by atoms with Crippen molar-refractivity contribution in [2.75, 3.05) is 40.6 Å². The van der Waals surface area contributed by atoms with E-state index in [1.54, 1.807) is 21.3 Å². The SMILES string of the molecule is COC1(CCCNCCP(=O)(O)O)CCCC[Si]1(OC)OC. The average molecular weight is 355 g/mol. The van der Waals surface area contributed by atoms with E-state index < -0.39 is 16.2 Å². The number of ether oxygens (including phenoxy) is 1. The second-order valence-electron chi connectivity index (χ2n) is 5.81. The van der Waals surface area contributed by atoms with E-state index in [2.05, 4.69) is 5.32 Å². The molecule has 0 aromatic heterocycles. The first-order valence-corrected chi connectivity index (χ1v) is 11.6. The molecule has 132 valence electrons. The van der Waals surface area contributed by atoms with Gasteiger partial charge in [0.15, 0.2) is 0 Å². The molecule has 1 aliphatic rings. The second-order valence-corrected chi connectivity index (χ2v) is 11.3. The van der Waals surface area contributed by atoms with Gasteiger partial charge in [0, 0.05) is 27.9 Å². The Hall–Kier alpha value is 0.207. The van der Waals surface area contributed by atoms with Crippen molar-refractivity contribution >= 4 is 16.2 Å². The topological polar surface area (TPSA) is 97.3 Å². The Labute approximate surface area is 134 Å². The van der Waals surface area contributed by atoms with Crippen molar-refractivity contribution < 1.29 is 27.9 Å². The molecule has 0 aromatic rings. The lowest BCUT2D eigenvalue weighted by Crippen LogP contribution is -2.64. The van der Waals surface area contributed by atoms with Crippen molar-refractivity contribution in [1.82, 2.24) is 5.32 Å². The Balaban J connectivity index is 2.50. The summed E-state index contributed by atoms with van der Waals surface area (Å²) in [7, 11) is -1.13. The van der Waals surface area contributed by atoms with Crippen molar-refractivity contribution in [2.24, 2.45) is 0 Å². The van der Waals surface area contributed by atoms with E-state index >= 15 is 0 Å². The fourth-order valence-corrected chi connectivity index (χ4v) is 7.74. The second kappa shape index (κ2) is 8.89. The summed E-state index contributed by atoms with van der Waals surface area (Å²) >= 11 is 0. The standard InChI is InChI=1S/C13H30NO6PSi/c1-18-13(7-4-5-12-22(13,19-2)20-3)8-6-9-14-10-11-21(15,16)17/h14H,4-12H2,1-3H3,(H2,15,16,17). The highest BCUT2D eigenvalue weighted by Crippen LogP contribution is 2.42. The van der Waals surface area contributed by atoms with Gasteiger partial charge in [0.25, 0.3) is 0 Å². The molecule has 0 saturated carbocycles. The molecule has 3 N–H and O–H groups in total. The van der Waals surface area contributed by atoms with Gasteiger partial charge >= 0.3 is 16.2 Å². The fourth-order valence-electron chi connectivity index (χ4n) is 3.37. The van der Waals surface area contributed by atoms with Gasteiger partial charge in [-0.15, -0.1) is 0 Å². The molecule has 0 radical (unpaired) electrons. The van der Waals surface area contributed by atoms with Gasteiger partial charge in [-0.3, -0.25) is 4.57 Å². The number of hydrogen-bond donors (Lipinski definition) is 3. The van der Waals surface area contributed by atoms with Gasteiger partial charge in [0.2, 0.25) is 0 Å². The zero-order chi connectivity index (χ0) is 16.7. The van der Waals surface area contributed by atoms with Crippen molar-refractivity contribution in [1.29, 1.82) is 0 Å². The predicted octanol–water partition coefficient (Wildman–Crippen LogP) is 1.38. The van der Waals surface area contributed by atoms with E-state index in [1.807, 2.05) is 0 Å². The highest BCUT2D eigenvalue weighted by molar-refractivity contribution is 7.51. The first kappa shape index (κ1) is 20.3. The van der Waals surface area contributed by atoms with E-state index in [0.29, 0.717) is 13.1 Å². The van der Waals surface area contributed by atoms with E-state index in [0.717, 1.165) is 38.1 Å². The summed E-state index contributed by atoms with van der Waals surface area (Å²) in [5.74, 6) is 0. The summed E-state index contributed by atoms with van der Waals surface area (Å²) in [6, 6.07) is 0.944. The Bertz CT molecular complexity index is 376. The number of methoxy groups -OCH3 is 1. The molecular formula is C13H30NO6PSi. The van der Waals surface area contributed by atoms with E-state index in [9.17, 15) is 4.57 Å². The summed E-state index contributed by atoms with van der Waals surface area (Å²) in [6.45, 7) is 1.02. The Kier molecular flexibility index (Phi) is 8.18. The molecule has 7 nitrogen and oxygen atoms in total. The van der Waals surface area contributed by atoms with Crippen LogP contribution in [-0.2, 0) is 18.2 Å². The molecule has 1 heterocycles. The lowest BCUT2D eigenvalue weighted by molar-refractivity contribution is -0.0156. The van der Waals surface area contributed by atoms with Crippen molar-refractivity contribution in [3.8, 4) is 0 Å². The van der Waals surface area contributed by atoms with Gasteiger partial charge in [-0.2, -0.15) is 0 Å². The quantitative estimate of drug-likeness (QED) is 0.309. The Morgan fingerprint density at radius 1 is 1.18 bits per heavy atom. The van der Waals surface area contributed by atoms with Crippen LogP contribution in [0.2, 0.25) is 6.04 Å². The molecule has 1 fully saturated rings. The molecule has 1 atom stereocenters. The molecular weight excluding hydrogens is 325 g/mol. The lowest BCUT2D eigenvalue weighted by atomic mass is 10.1. The van der Waals surface area contributed by atoms with Gasteiger partial charge < -0.3 is 28.7 Å². The van der Waals surface area contributed by atoms with E-state index in [1.165, 1.54) is 0 Å². The predicted molar refractivity (Wildman–Crippen MR) is 87.2 cm³/mol. The first-order chi connectivity index (χ1) is 10.3. The van der Waals surface area contributed by atoms with Crippen LogP contribution in [0, 0.1) is 0 Å². The summed E-state index contributed by atoms with van der Waals surface area (Å²) in [6.07, 6.45) is 4.73. The molecule has 22 heavy (non-hydrogen) atoms. The zero-order valence-corrected chi connectivity index (χ0v) is 15.7. The minimum absolute atomic E-state index is 0.128. The third kappa shape index (κ3) is 5.11. The average Bonchev–Trinajstić information content (AvgIpc) is 2.50. The van der Waals surface area contributed by atoms with Crippen molar-refractivity contribution in [2.45, 2.75) is 43.4 Å². The number of nitrogens with one attached hydrogen (secondary N) is 1. The molecule has 0 bridgehead atoms. The molecule has 0 aromatic carbocycles. The van der Waals surface area contributed by atoms with Gasteiger partial charge in [-0.1, -0.05) is 12.8 Å². The highest BCUT2D eigenvalue weighted by atomic mass is 31.2. The maximum absolute atomic E-state index is 10.8. The van der Waals surface area contributed by atoms with Crippen LogP contribution in [0.15, 0.2) is 0 Å². The van der Waals surface area contributed by atoms with Crippen LogP contribution in [0.4, 0.5) is 0 Å². The van der Waals surface area contributed by atoms with E-state index in [4.69, 9.17) is 23.4 Å². The molecule has 1 unspecified atom stereocenters. The first-order valence-electron chi connectivity index (χ1n) is 7.75. The van der Waals surface area contributed by atoms with Crippen LogP contribution in [0.25, 0.3) is 0 Å². The minimum atomic E-state index is -3.91. The zero-order valence-electron chi connectivity index (χ0n) is 13.8. The lowest BCUT2D eigenvalue weighted by Gasteiger charge is -2.48. The molecule has 1 saturated heterocycles. The Morgan fingerprint density at radius 2 is 1.86 bits per heavy atom. The molecule has 9 heteroatoms. The maximum Gasteiger partial charge on any atom is 0.370 e. The molecule has 0 spiro atoms. The summed E-state index contributed by atoms with van der Waals surface area (Å²) in [4.78, 5) is 17.6. The van der Waals surface area contributed by atoms with Gasteiger partial charge in [-0.05, 0) is 31.9 Å². The van der Waals surface area contributed by atoms with Crippen LogP contribution in [0.1, 0.15) is 32.1 Å². The van der Waals surface area contributed by atoms with Crippen molar-refractivity contribution in [3.63, 3.8) is 0 Å². The van der Waals surface area contributed by atoms with E-state index in [-0.39, 0.29) is 11.4 Å². The summed E-state index contributed by atoms with van der Waals surface area (Å²) < 4.78 is 28.3. The van der Waals surface area contributed by atoms with Crippen LogP contribution in [0.5, 0.6) is 0 Å². The summed E-state index contributed by atoms with van der Waals surface area (Å²) in [5.41, 5.74) is 0. The molecule has 0 aliphatic carbocycles. The summed E-state index contributed by atoms with van der Waals surface area (Å²) in [5, 5.41) is 2.74. The van der Waals surface area contributed by atoms with Crippen molar-refractivity contribution in [3.05, 3.63) is 0 Å². The molecule has 1 aliphatic heterocycles. The van der Waals surface area contributed by atoms with Crippen LogP contribution in [-0.4, -0.2) is 64.2 Å². The van der Waals surface area contributed by atoms with Gasteiger partial charge in [-0.25, -0.2) is 0 Å². The highest BCUT2D eigenvalue weighted by Gasteiger charge is 2.58. The third-order valence-corrected chi connectivity index (χ3v) is 9.82. The fraction of sp³-hybridized carbons (Fsp3) is 1.00. The maximum atomic E-state index is 10.8. The monoisotopic (exact) mass is 355 g/mol. The molecule has 1 rings (SSSR count). The van der Waals surface area contributed by atoms with Crippen LogP contribution >= 0.6 is 7.60 Å². The van der Waals surface area contributed by atoms with Gasteiger partial charge in [0.1, 0.15) is 5.22 Å².